The number of benzene rings is 3. The van der Waals surface area contributed by atoms with Gasteiger partial charge in [0, 0.05) is 41.9 Å². The number of carboxylic acid groups (broad SMARTS) is 1. The summed E-state index contributed by atoms with van der Waals surface area (Å²) >= 11 is 6.39. The monoisotopic (exact) mass is 602 g/mol. The second-order valence-corrected chi connectivity index (χ2v) is 10.1. The normalized spacial score (nSPS) is 14.5. The zero-order valence-corrected chi connectivity index (χ0v) is 23.4. The summed E-state index contributed by atoms with van der Waals surface area (Å²) in [6.07, 6.45) is 2.69. The van der Waals surface area contributed by atoms with Crippen LogP contribution in [0.5, 0.6) is 11.5 Å². The molecule has 222 valence electrons. The van der Waals surface area contributed by atoms with Gasteiger partial charge in [-0.3, -0.25) is 9.59 Å². The molecule has 1 heterocycles. The fourth-order valence-corrected chi connectivity index (χ4v) is 4.86. The fraction of sp³-hybridized carbons (Fsp3) is 0.290. The van der Waals surface area contributed by atoms with E-state index < -0.39 is 23.2 Å². The molecule has 1 amide bonds. The van der Waals surface area contributed by atoms with E-state index in [1.165, 1.54) is 0 Å². The highest BCUT2D eigenvalue weighted by molar-refractivity contribution is 6.31. The molecule has 0 unspecified atom stereocenters. The molecule has 3 aromatic carbocycles. The molecule has 1 aliphatic heterocycles. The van der Waals surface area contributed by atoms with Crippen molar-refractivity contribution < 1.29 is 37.3 Å². The van der Waals surface area contributed by atoms with Crippen LogP contribution in [-0.2, 0) is 16.1 Å². The lowest BCUT2D eigenvalue weighted by molar-refractivity contribution is -0.128. The average molecular weight is 603 g/mol. The molecule has 2 aliphatic rings. The van der Waals surface area contributed by atoms with Gasteiger partial charge in [-0.2, -0.15) is 0 Å². The second kappa shape index (κ2) is 14.7. The number of nitrogens with one attached hydrogen (secondary N) is 1. The van der Waals surface area contributed by atoms with Gasteiger partial charge in [0.25, 0.3) is 12.4 Å². The number of halogens is 4. The molecule has 0 saturated heterocycles. The zero-order valence-electron chi connectivity index (χ0n) is 22.6. The maximum atomic E-state index is 13.8. The Labute approximate surface area is 246 Å². The van der Waals surface area contributed by atoms with Gasteiger partial charge >= 0.3 is 0 Å². The van der Waals surface area contributed by atoms with Crippen molar-refractivity contribution >= 4 is 29.6 Å². The molecule has 1 saturated carbocycles. The zero-order chi connectivity index (χ0) is 30.1. The van der Waals surface area contributed by atoms with Crippen LogP contribution in [0.4, 0.5) is 13.2 Å². The summed E-state index contributed by atoms with van der Waals surface area (Å²) in [5.74, 6) is -3.29. The minimum Gasteiger partial charge on any atom is -0.490 e. The molecule has 11 heteroatoms. The Bertz CT molecular complexity index is 1410. The van der Waals surface area contributed by atoms with Gasteiger partial charge in [0.15, 0.2) is 17.4 Å². The van der Waals surface area contributed by atoms with Crippen LogP contribution < -0.4 is 14.8 Å². The van der Waals surface area contributed by atoms with E-state index in [4.69, 9.17) is 31.0 Å². The van der Waals surface area contributed by atoms with Crippen LogP contribution in [0.2, 0.25) is 5.02 Å². The first-order valence-corrected chi connectivity index (χ1v) is 13.8. The molecule has 0 radical (unpaired) electrons. The molecule has 1 aliphatic carbocycles. The van der Waals surface area contributed by atoms with E-state index in [1.54, 1.807) is 12.1 Å². The van der Waals surface area contributed by atoms with Crippen molar-refractivity contribution in [1.82, 2.24) is 10.2 Å². The lowest BCUT2D eigenvalue weighted by atomic mass is 9.93. The molecule has 3 aromatic rings. The van der Waals surface area contributed by atoms with Gasteiger partial charge in [-0.15, -0.1) is 0 Å². The van der Waals surface area contributed by atoms with Crippen LogP contribution >= 0.6 is 11.6 Å². The highest BCUT2D eigenvalue weighted by Crippen LogP contribution is 2.34. The average Bonchev–Trinajstić information content (AvgIpc) is 3.82. The van der Waals surface area contributed by atoms with Gasteiger partial charge in [-0.05, 0) is 60.7 Å². The van der Waals surface area contributed by atoms with E-state index in [9.17, 15) is 18.0 Å². The summed E-state index contributed by atoms with van der Waals surface area (Å²) in [7, 11) is 0. The topological polar surface area (TPSA) is 88.1 Å². The molecule has 0 atom stereocenters. The minimum absolute atomic E-state index is 0.0253. The molecule has 7 nitrogen and oxygen atoms in total. The van der Waals surface area contributed by atoms with Crippen LogP contribution in [-0.4, -0.2) is 54.7 Å². The third-order valence-corrected chi connectivity index (χ3v) is 7.16. The van der Waals surface area contributed by atoms with Crippen LogP contribution in [0.15, 0.2) is 66.2 Å². The molecule has 5 rings (SSSR count). The lowest BCUT2D eigenvalue weighted by Crippen LogP contribution is -2.39. The van der Waals surface area contributed by atoms with Gasteiger partial charge in [0.05, 0.1) is 0 Å². The van der Waals surface area contributed by atoms with E-state index in [-0.39, 0.29) is 31.6 Å². The Morgan fingerprint density at radius 2 is 1.67 bits per heavy atom. The van der Waals surface area contributed by atoms with E-state index in [0.29, 0.717) is 42.4 Å². The van der Waals surface area contributed by atoms with Crippen molar-refractivity contribution in [3.8, 4) is 11.5 Å². The number of ether oxygens (including phenoxy) is 2. The van der Waals surface area contributed by atoms with Gasteiger partial charge < -0.3 is 24.8 Å². The summed E-state index contributed by atoms with van der Waals surface area (Å²) in [5.41, 5.74) is 3.62. The highest BCUT2D eigenvalue weighted by atomic mass is 35.5. The maximum Gasteiger partial charge on any atom is 0.290 e. The van der Waals surface area contributed by atoms with Crippen molar-refractivity contribution in [2.24, 2.45) is 0 Å². The largest absolute Gasteiger partial charge is 0.490 e. The first-order valence-electron chi connectivity index (χ1n) is 13.4. The lowest BCUT2D eigenvalue weighted by Gasteiger charge is -2.28. The van der Waals surface area contributed by atoms with Crippen molar-refractivity contribution in [1.29, 1.82) is 0 Å². The molecule has 1 fully saturated rings. The number of carbonyl (C=O) groups excluding carboxylic acids is 1. The van der Waals surface area contributed by atoms with Crippen molar-refractivity contribution in [3.05, 3.63) is 99.8 Å². The predicted octanol–water partition coefficient (Wildman–Crippen LogP) is 5.85. The number of hydrogen-bond acceptors (Lipinski definition) is 5. The van der Waals surface area contributed by atoms with Gasteiger partial charge in [-0.25, -0.2) is 13.2 Å². The predicted molar refractivity (Wildman–Crippen MR) is 152 cm³/mol. The summed E-state index contributed by atoms with van der Waals surface area (Å²) in [5, 5.41) is 10.9. The standard InChI is InChI=1S/C30H28ClF3N2O3.CH2O2/c31-26-4-2-1-3-20(26)18-36(22-7-8-22)30(37)25-17-35-12-11-24(25)19-5-9-23(10-6-19)38-13-14-39-29-27(33)15-21(32)16-28(29)34;2-1-3/h1-6,9-10,15-16,22,35H,7-8,11-14,17-18H2;1H,(H,2,3). The Hall–Kier alpha value is -4.02. The van der Waals surface area contributed by atoms with Crippen molar-refractivity contribution in [3.63, 3.8) is 0 Å². The van der Waals surface area contributed by atoms with E-state index in [2.05, 4.69) is 5.32 Å². The SMILES string of the molecule is O=C(C1=C(c2ccc(OCCOc3c(F)cc(F)cc3F)cc2)CCNC1)N(Cc1ccccc1Cl)C1CC1.O=CO. The first-order chi connectivity index (χ1) is 20.3. The van der Waals surface area contributed by atoms with E-state index in [1.807, 2.05) is 41.3 Å². The first kappa shape index (κ1) is 30.9. The summed E-state index contributed by atoms with van der Waals surface area (Å²) in [6.45, 7) is 1.39. The summed E-state index contributed by atoms with van der Waals surface area (Å²) in [4.78, 5) is 24.1. The molecule has 0 spiro atoms. The van der Waals surface area contributed by atoms with Crippen LogP contribution in [0.1, 0.15) is 30.4 Å². The number of rotatable bonds is 10. The number of carbonyl (C=O) groups is 2. The van der Waals surface area contributed by atoms with Crippen LogP contribution in [0.3, 0.4) is 0 Å². The van der Waals surface area contributed by atoms with E-state index >= 15 is 0 Å². The number of hydrogen-bond donors (Lipinski definition) is 2. The fourth-order valence-electron chi connectivity index (χ4n) is 4.67. The molecule has 0 bridgehead atoms. The van der Waals surface area contributed by atoms with Gasteiger partial charge in [0.2, 0.25) is 0 Å². The number of nitrogens with zero attached hydrogens (tertiary/aromatic N) is 1. The number of amides is 1. The van der Waals surface area contributed by atoms with Gasteiger partial charge in [0.1, 0.15) is 24.8 Å². The molecule has 42 heavy (non-hydrogen) atoms. The Kier molecular flexibility index (Phi) is 10.9. The van der Waals surface area contributed by atoms with Gasteiger partial charge in [-0.1, -0.05) is 41.9 Å². The third kappa shape index (κ3) is 8.04. The summed E-state index contributed by atoms with van der Waals surface area (Å²) < 4.78 is 51.2. The molecular weight excluding hydrogens is 573 g/mol. The van der Waals surface area contributed by atoms with Crippen molar-refractivity contribution in [2.75, 3.05) is 26.3 Å². The smallest absolute Gasteiger partial charge is 0.290 e. The van der Waals surface area contributed by atoms with Crippen LogP contribution in [0, 0.1) is 17.5 Å². The molecular formula is C31H30ClF3N2O5. The highest BCUT2D eigenvalue weighted by Gasteiger charge is 2.35. The summed E-state index contributed by atoms with van der Waals surface area (Å²) in [6, 6.07) is 16.3. The second-order valence-electron chi connectivity index (χ2n) is 9.66. The Morgan fingerprint density at radius 1 is 1.02 bits per heavy atom. The quantitative estimate of drug-likeness (QED) is 0.223. The molecule has 2 N–H and O–H groups in total. The third-order valence-electron chi connectivity index (χ3n) is 6.79. The Morgan fingerprint density at radius 3 is 2.31 bits per heavy atom. The van der Waals surface area contributed by atoms with Crippen molar-refractivity contribution in [2.45, 2.75) is 31.8 Å². The van der Waals surface area contributed by atoms with E-state index in [0.717, 1.165) is 41.7 Å². The minimum atomic E-state index is -1.11. The Balaban J connectivity index is 0.00000129. The van der Waals surface area contributed by atoms with Crippen LogP contribution in [0.25, 0.3) is 5.57 Å². The molecule has 0 aromatic heterocycles. The maximum absolute atomic E-state index is 13.8.